The molecule has 0 aliphatic heterocycles. The zero-order valence-corrected chi connectivity index (χ0v) is 9.73. The van der Waals surface area contributed by atoms with Gasteiger partial charge in [0.15, 0.2) is 11.9 Å². The van der Waals surface area contributed by atoms with Crippen LogP contribution in [0.2, 0.25) is 0 Å². The summed E-state index contributed by atoms with van der Waals surface area (Å²) in [5.74, 6) is 0.195. The number of hydrogen-bond donors (Lipinski definition) is 1. The number of carbonyl (C=O) groups excluding carboxylic acids is 2. The Bertz CT molecular complexity index is 204. The molecular weight excluding hydrogens is 194 g/mol. The van der Waals surface area contributed by atoms with Gasteiger partial charge < -0.3 is 10.5 Å². The topological polar surface area (TPSA) is 69.4 Å². The molecule has 0 radical (unpaired) electrons. The van der Waals surface area contributed by atoms with Crippen LogP contribution in [-0.2, 0) is 14.3 Å². The van der Waals surface area contributed by atoms with Gasteiger partial charge in [0, 0.05) is 0 Å². The number of ketones is 1. The van der Waals surface area contributed by atoms with Gasteiger partial charge in [0.2, 0.25) is 0 Å². The highest BCUT2D eigenvalue weighted by molar-refractivity contribution is 5.88. The molecule has 0 aromatic carbocycles. The Hall–Kier alpha value is -0.900. The largest absolute Gasteiger partial charge is 0.457 e. The molecule has 2 atom stereocenters. The lowest BCUT2D eigenvalue weighted by atomic mass is 9.96. The van der Waals surface area contributed by atoms with Gasteiger partial charge in [-0.2, -0.15) is 0 Å². The van der Waals surface area contributed by atoms with Crippen LogP contribution in [0.5, 0.6) is 0 Å². The molecule has 2 N–H and O–H groups in total. The highest BCUT2D eigenvalue weighted by atomic mass is 16.5. The number of nitrogens with two attached hydrogens (primary N) is 1. The Morgan fingerprint density at radius 2 is 2.07 bits per heavy atom. The van der Waals surface area contributed by atoms with E-state index in [9.17, 15) is 9.59 Å². The molecule has 1 unspecified atom stereocenters. The van der Waals surface area contributed by atoms with Crippen molar-refractivity contribution < 1.29 is 14.3 Å². The summed E-state index contributed by atoms with van der Waals surface area (Å²) in [4.78, 5) is 22.0. The van der Waals surface area contributed by atoms with E-state index in [4.69, 9.17) is 10.5 Å². The summed E-state index contributed by atoms with van der Waals surface area (Å²) in [5.41, 5.74) is 5.73. The molecule has 0 aliphatic rings. The molecule has 0 aromatic rings. The average molecular weight is 215 g/mol. The first-order valence-electron chi connectivity index (χ1n) is 5.41. The highest BCUT2D eigenvalue weighted by Crippen LogP contribution is 2.10. The predicted octanol–water partition coefficient (Wildman–Crippen LogP) is 1.27. The van der Waals surface area contributed by atoms with Gasteiger partial charge in [0.25, 0.3) is 6.47 Å². The third-order valence-electron chi connectivity index (χ3n) is 2.18. The molecule has 0 bridgehead atoms. The van der Waals surface area contributed by atoms with Crippen molar-refractivity contribution >= 4 is 12.3 Å². The molecule has 15 heavy (non-hydrogen) atoms. The van der Waals surface area contributed by atoms with Crippen molar-refractivity contribution in [2.24, 2.45) is 11.7 Å². The molecule has 0 rings (SSSR count). The number of ether oxygens (including phenoxy) is 1. The minimum absolute atomic E-state index is 0.169. The van der Waals surface area contributed by atoms with Crippen molar-refractivity contribution in [2.75, 3.05) is 0 Å². The number of carbonyl (C=O) groups is 2. The zero-order valence-electron chi connectivity index (χ0n) is 9.73. The molecule has 0 heterocycles. The molecule has 0 aromatic heterocycles. The van der Waals surface area contributed by atoms with E-state index in [0.29, 0.717) is 25.2 Å². The summed E-state index contributed by atoms with van der Waals surface area (Å²) < 4.78 is 4.74. The van der Waals surface area contributed by atoms with Crippen molar-refractivity contribution in [3.05, 3.63) is 0 Å². The lowest BCUT2D eigenvalue weighted by Crippen LogP contribution is -2.40. The molecule has 0 saturated carbocycles. The predicted molar refractivity (Wildman–Crippen MR) is 58.3 cm³/mol. The van der Waals surface area contributed by atoms with E-state index in [0.717, 1.165) is 6.42 Å². The second-order valence-corrected chi connectivity index (χ2v) is 4.15. The summed E-state index contributed by atoms with van der Waals surface area (Å²) in [7, 11) is 0. The third-order valence-corrected chi connectivity index (χ3v) is 2.18. The Kier molecular flexibility index (Phi) is 6.96. The fourth-order valence-electron chi connectivity index (χ4n) is 1.47. The quantitative estimate of drug-likeness (QED) is 0.619. The van der Waals surface area contributed by atoms with Gasteiger partial charge in [-0.05, 0) is 18.8 Å². The summed E-state index contributed by atoms with van der Waals surface area (Å²) in [5, 5.41) is 0. The van der Waals surface area contributed by atoms with Crippen LogP contribution in [0, 0.1) is 5.92 Å². The van der Waals surface area contributed by atoms with Crippen molar-refractivity contribution in [2.45, 2.75) is 52.2 Å². The van der Waals surface area contributed by atoms with Crippen LogP contribution in [-0.4, -0.2) is 24.4 Å². The van der Waals surface area contributed by atoms with Crippen LogP contribution in [0.15, 0.2) is 0 Å². The van der Waals surface area contributed by atoms with E-state index in [1.807, 2.05) is 20.8 Å². The fraction of sp³-hybridized carbons (Fsp3) is 0.818. The van der Waals surface area contributed by atoms with Gasteiger partial charge in [-0.15, -0.1) is 0 Å². The van der Waals surface area contributed by atoms with E-state index in [1.54, 1.807) is 0 Å². The monoisotopic (exact) mass is 215 g/mol. The molecule has 88 valence electrons. The van der Waals surface area contributed by atoms with Crippen LogP contribution in [0.1, 0.15) is 40.0 Å². The minimum atomic E-state index is -0.666. The molecule has 0 fully saturated rings. The summed E-state index contributed by atoms with van der Waals surface area (Å²) in [6.45, 7) is 6.26. The SMILES string of the molecule is CCCC(OC=O)C(=O)[C@@H](N)CC(C)C. The van der Waals surface area contributed by atoms with Crippen LogP contribution >= 0.6 is 0 Å². The van der Waals surface area contributed by atoms with Crippen LogP contribution < -0.4 is 5.73 Å². The maximum atomic E-state index is 11.7. The molecule has 4 nitrogen and oxygen atoms in total. The molecule has 4 heteroatoms. The van der Waals surface area contributed by atoms with E-state index in [1.165, 1.54) is 0 Å². The summed E-state index contributed by atoms with van der Waals surface area (Å²) in [6, 6.07) is -0.526. The van der Waals surface area contributed by atoms with E-state index in [2.05, 4.69) is 0 Å². The van der Waals surface area contributed by atoms with E-state index >= 15 is 0 Å². The van der Waals surface area contributed by atoms with Gasteiger partial charge in [-0.25, -0.2) is 0 Å². The van der Waals surface area contributed by atoms with Gasteiger partial charge in [0.05, 0.1) is 6.04 Å². The first-order valence-corrected chi connectivity index (χ1v) is 5.41. The van der Waals surface area contributed by atoms with Crippen LogP contribution in [0.4, 0.5) is 0 Å². The van der Waals surface area contributed by atoms with Crippen molar-refractivity contribution in [3.8, 4) is 0 Å². The smallest absolute Gasteiger partial charge is 0.293 e. The lowest BCUT2D eigenvalue weighted by Gasteiger charge is -2.19. The van der Waals surface area contributed by atoms with Crippen molar-refractivity contribution in [1.29, 1.82) is 0 Å². The minimum Gasteiger partial charge on any atom is -0.457 e. The second-order valence-electron chi connectivity index (χ2n) is 4.15. The molecular formula is C11H21NO3. The number of Topliss-reactive ketones (excluding diaryl/α,β-unsaturated/α-hetero) is 1. The molecule has 0 amide bonds. The van der Waals surface area contributed by atoms with E-state index in [-0.39, 0.29) is 5.78 Å². The number of rotatable bonds is 8. The maximum absolute atomic E-state index is 11.7. The van der Waals surface area contributed by atoms with Gasteiger partial charge >= 0.3 is 0 Å². The molecule has 0 saturated heterocycles. The van der Waals surface area contributed by atoms with E-state index < -0.39 is 12.1 Å². The molecule has 0 aliphatic carbocycles. The van der Waals surface area contributed by atoms with Crippen LogP contribution in [0.25, 0.3) is 0 Å². The zero-order chi connectivity index (χ0) is 11.8. The fourth-order valence-corrected chi connectivity index (χ4v) is 1.47. The second kappa shape index (κ2) is 7.40. The average Bonchev–Trinajstić information content (AvgIpc) is 2.15. The number of hydrogen-bond acceptors (Lipinski definition) is 4. The first kappa shape index (κ1) is 14.1. The van der Waals surface area contributed by atoms with Crippen LogP contribution in [0.3, 0.4) is 0 Å². The van der Waals surface area contributed by atoms with Gasteiger partial charge in [0.1, 0.15) is 0 Å². The van der Waals surface area contributed by atoms with Gasteiger partial charge in [-0.1, -0.05) is 27.2 Å². The Morgan fingerprint density at radius 1 is 1.47 bits per heavy atom. The maximum Gasteiger partial charge on any atom is 0.293 e. The third kappa shape index (κ3) is 5.52. The van der Waals surface area contributed by atoms with Crippen molar-refractivity contribution in [1.82, 2.24) is 0 Å². The summed E-state index contributed by atoms with van der Waals surface area (Å²) >= 11 is 0. The Morgan fingerprint density at radius 3 is 2.47 bits per heavy atom. The standard InChI is InChI=1S/C11H21NO3/c1-4-5-10(15-7-13)11(14)9(12)6-8(2)3/h7-10H,4-6,12H2,1-3H3/t9-,10?/m0/s1. The first-order chi connectivity index (χ1) is 7.02. The summed E-state index contributed by atoms with van der Waals surface area (Å²) in [6.07, 6.45) is 1.30. The molecule has 0 spiro atoms. The Balaban J connectivity index is 4.27. The highest BCUT2D eigenvalue weighted by Gasteiger charge is 2.25. The van der Waals surface area contributed by atoms with Crippen molar-refractivity contribution in [3.63, 3.8) is 0 Å². The lowest BCUT2D eigenvalue weighted by molar-refractivity contribution is -0.145. The Labute approximate surface area is 91.2 Å². The normalized spacial score (nSPS) is 14.7. The van der Waals surface area contributed by atoms with Gasteiger partial charge in [-0.3, -0.25) is 9.59 Å².